The van der Waals surface area contributed by atoms with Gasteiger partial charge in [-0.2, -0.15) is 0 Å². The van der Waals surface area contributed by atoms with Gasteiger partial charge in [0.15, 0.2) is 0 Å². The normalized spacial score (nSPS) is 28.2. The van der Waals surface area contributed by atoms with Gasteiger partial charge in [-0.05, 0) is 24.3 Å². The molecule has 1 N–H and O–H groups in total. The highest BCUT2D eigenvalue weighted by Crippen LogP contribution is 2.19. The molecule has 0 aromatic carbocycles. The van der Waals surface area contributed by atoms with Crippen molar-refractivity contribution in [2.24, 2.45) is 5.92 Å². The third kappa shape index (κ3) is 3.30. The molecule has 2 rings (SSSR count). The van der Waals surface area contributed by atoms with E-state index in [2.05, 4.69) is 48.5 Å². The summed E-state index contributed by atoms with van der Waals surface area (Å²) in [5, 5.41) is 5.87. The lowest BCUT2D eigenvalue weighted by atomic mass is 9.95. The average molecular weight is 252 g/mol. The summed E-state index contributed by atoms with van der Waals surface area (Å²) in [6.07, 6.45) is 1.26. The van der Waals surface area contributed by atoms with Crippen molar-refractivity contribution >= 4 is 11.3 Å². The summed E-state index contributed by atoms with van der Waals surface area (Å²) < 4.78 is 0. The van der Waals surface area contributed by atoms with Crippen LogP contribution >= 0.6 is 11.3 Å². The van der Waals surface area contributed by atoms with Crippen molar-refractivity contribution in [3.05, 3.63) is 22.4 Å². The van der Waals surface area contributed by atoms with E-state index in [0.29, 0.717) is 12.1 Å². The van der Waals surface area contributed by atoms with Crippen LogP contribution in [0.4, 0.5) is 0 Å². The molecule has 2 nitrogen and oxygen atoms in total. The van der Waals surface area contributed by atoms with Crippen LogP contribution in [0, 0.1) is 5.92 Å². The van der Waals surface area contributed by atoms with Crippen LogP contribution in [0.2, 0.25) is 0 Å². The van der Waals surface area contributed by atoms with Crippen LogP contribution in [0.5, 0.6) is 0 Å². The van der Waals surface area contributed by atoms with Gasteiger partial charge < -0.3 is 5.32 Å². The minimum Gasteiger partial charge on any atom is -0.311 e. The van der Waals surface area contributed by atoms with Gasteiger partial charge in [-0.25, -0.2) is 0 Å². The Balaban J connectivity index is 1.95. The van der Waals surface area contributed by atoms with E-state index in [9.17, 15) is 0 Å². The van der Waals surface area contributed by atoms with Gasteiger partial charge in [-0.3, -0.25) is 4.90 Å². The maximum Gasteiger partial charge on any atom is 0.0331 e. The summed E-state index contributed by atoms with van der Waals surface area (Å²) in [5.74, 6) is 0.772. The molecule has 0 amide bonds. The fourth-order valence-electron chi connectivity index (χ4n) is 2.44. The second-order valence-electron chi connectivity index (χ2n) is 5.26. The first-order valence-corrected chi connectivity index (χ1v) is 7.58. The van der Waals surface area contributed by atoms with E-state index in [1.807, 2.05) is 11.3 Å². The van der Waals surface area contributed by atoms with Crippen molar-refractivity contribution in [3.8, 4) is 0 Å². The highest BCUT2D eigenvalue weighted by Gasteiger charge is 2.27. The van der Waals surface area contributed by atoms with E-state index in [1.54, 1.807) is 0 Å². The van der Waals surface area contributed by atoms with E-state index in [-0.39, 0.29) is 0 Å². The highest BCUT2D eigenvalue weighted by molar-refractivity contribution is 7.09. The van der Waals surface area contributed by atoms with Gasteiger partial charge in [0.1, 0.15) is 0 Å². The topological polar surface area (TPSA) is 15.3 Å². The third-order valence-electron chi connectivity index (χ3n) is 4.00. The Morgan fingerprint density at radius 3 is 3.06 bits per heavy atom. The van der Waals surface area contributed by atoms with E-state index in [0.717, 1.165) is 19.0 Å². The number of hydrogen-bond donors (Lipinski definition) is 1. The van der Waals surface area contributed by atoms with Crippen molar-refractivity contribution < 1.29 is 0 Å². The first kappa shape index (κ1) is 13.1. The van der Waals surface area contributed by atoms with Gasteiger partial charge in [0.05, 0.1) is 0 Å². The van der Waals surface area contributed by atoms with Crippen molar-refractivity contribution in [3.63, 3.8) is 0 Å². The molecule has 3 atom stereocenters. The molecule has 0 radical (unpaired) electrons. The van der Waals surface area contributed by atoms with Crippen molar-refractivity contribution in [2.75, 3.05) is 13.1 Å². The van der Waals surface area contributed by atoms with Crippen molar-refractivity contribution in [2.45, 2.75) is 45.8 Å². The number of hydrogen-bond acceptors (Lipinski definition) is 3. The molecular formula is C14H24N2S. The summed E-state index contributed by atoms with van der Waals surface area (Å²) in [6.45, 7) is 10.4. The quantitative estimate of drug-likeness (QED) is 0.886. The molecule has 3 heteroatoms. The fraction of sp³-hybridized carbons (Fsp3) is 0.714. The van der Waals surface area contributed by atoms with Gasteiger partial charge in [0.2, 0.25) is 0 Å². The Morgan fingerprint density at radius 1 is 1.59 bits per heavy atom. The van der Waals surface area contributed by atoms with Crippen molar-refractivity contribution in [1.82, 2.24) is 10.2 Å². The van der Waals surface area contributed by atoms with Crippen LogP contribution in [-0.2, 0) is 6.54 Å². The Hall–Kier alpha value is -0.380. The molecule has 96 valence electrons. The Labute approximate surface area is 109 Å². The van der Waals surface area contributed by atoms with Crippen LogP contribution in [0.1, 0.15) is 32.1 Å². The Morgan fingerprint density at radius 2 is 2.41 bits per heavy atom. The predicted octanol–water partition coefficient (Wildman–Crippen LogP) is 2.96. The van der Waals surface area contributed by atoms with Gasteiger partial charge in [-0.15, -0.1) is 11.3 Å². The largest absolute Gasteiger partial charge is 0.311 e. The summed E-state index contributed by atoms with van der Waals surface area (Å²) in [4.78, 5) is 4.11. The summed E-state index contributed by atoms with van der Waals surface area (Å²) >= 11 is 1.87. The molecule has 3 unspecified atom stereocenters. The van der Waals surface area contributed by atoms with Crippen LogP contribution in [0.25, 0.3) is 0 Å². The van der Waals surface area contributed by atoms with E-state index in [1.165, 1.54) is 17.8 Å². The maximum atomic E-state index is 3.69. The SMILES string of the molecule is CCC(C)C1CN(Cc2cccs2)C(C)CN1. The smallest absolute Gasteiger partial charge is 0.0331 e. The number of rotatable bonds is 4. The second kappa shape index (κ2) is 5.98. The van der Waals surface area contributed by atoms with Crippen LogP contribution < -0.4 is 5.32 Å². The summed E-state index contributed by atoms with van der Waals surface area (Å²) in [5.41, 5.74) is 0. The first-order chi connectivity index (χ1) is 8.20. The van der Waals surface area contributed by atoms with Crippen LogP contribution in [0.15, 0.2) is 17.5 Å². The molecule has 1 fully saturated rings. The zero-order valence-electron chi connectivity index (χ0n) is 11.1. The molecule has 0 spiro atoms. The minimum atomic E-state index is 0.650. The number of thiophene rings is 1. The zero-order valence-corrected chi connectivity index (χ0v) is 12.0. The molecule has 0 bridgehead atoms. The summed E-state index contributed by atoms with van der Waals surface area (Å²) in [6, 6.07) is 5.71. The average Bonchev–Trinajstić information content (AvgIpc) is 2.84. The molecule has 2 heterocycles. The number of piperazine rings is 1. The van der Waals surface area contributed by atoms with Crippen molar-refractivity contribution in [1.29, 1.82) is 0 Å². The van der Waals surface area contributed by atoms with E-state index >= 15 is 0 Å². The molecule has 1 aromatic heterocycles. The lowest BCUT2D eigenvalue weighted by Crippen LogP contribution is -2.56. The fourth-order valence-corrected chi connectivity index (χ4v) is 3.17. The van der Waals surface area contributed by atoms with E-state index < -0.39 is 0 Å². The van der Waals surface area contributed by atoms with E-state index in [4.69, 9.17) is 0 Å². The molecule has 0 saturated carbocycles. The lowest BCUT2D eigenvalue weighted by Gasteiger charge is -2.40. The highest BCUT2D eigenvalue weighted by atomic mass is 32.1. The number of nitrogens with one attached hydrogen (secondary N) is 1. The molecule has 1 aromatic rings. The van der Waals surface area contributed by atoms with Crippen LogP contribution in [-0.4, -0.2) is 30.1 Å². The van der Waals surface area contributed by atoms with Gasteiger partial charge in [-0.1, -0.05) is 26.3 Å². The summed E-state index contributed by atoms with van der Waals surface area (Å²) in [7, 11) is 0. The Kier molecular flexibility index (Phi) is 4.60. The number of nitrogens with zero attached hydrogens (tertiary/aromatic N) is 1. The first-order valence-electron chi connectivity index (χ1n) is 6.70. The molecule has 1 saturated heterocycles. The molecule has 1 aliphatic heterocycles. The van der Waals surface area contributed by atoms with Gasteiger partial charge >= 0.3 is 0 Å². The standard InChI is InChI=1S/C14H24N2S/c1-4-11(2)14-10-16(12(3)8-15-14)9-13-6-5-7-17-13/h5-7,11-12,14-15H,4,8-10H2,1-3H3. The van der Waals surface area contributed by atoms with Gasteiger partial charge in [0, 0.05) is 36.6 Å². The molecule has 0 aliphatic carbocycles. The van der Waals surface area contributed by atoms with Crippen LogP contribution in [0.3, 0.4) is 0 Å². The maximum absolute atomic E-state index is 3.69. The molecular weight excluding hydrogens is 228 g/mol. The molecule has 17 heavy (non-hydrogen) atoms. The Bertz CT molecular complexity index is 323. The third-order valence-corrected chi connectivity index (χ3v) is 4.86. The molecule has 1 aliphatic rings. The second-order valence-corrected chi connectivity index (χ2v) is 6.29. The zero-order chi connectivity index (χ0) is 12.3. The monoisotopic (exact) mass is 252 g/mol. The minimum absolute atomic E-state index is 0.650. The van der Waals surface area contributed by atoms with Gasteiger partial charge in [0.25, 0.3) is 0 Å². The lowest BCUT2D eigenvalue weighted by molar-refractivity contribution is 0.113. The predicted molar refractivity (Wildman–Crippen MR) is 75.4 cm³/mol.